The van der Waals surface area contributed by atoms with Crippen LogP contribution < -0.4 is 4.74 Å². The third-order valence-corrected chi connectivity index (χ3v) is 5.97. The van der Waals surface area contributed by atoms with Crippen LogP contribution in [0.15, 0.2) is 42.5 Å². The van der Waals surface area contributed by atoms with Gasteiger partial charge in [0.25, 0.3) is 0 Å². The van der Waals surface area contributed by atoms with Gasteiger partial charge in [0.15, 0.2) is 0 Å². The fourth-order valence-corrected chi connectivity index (χ4v) is 4.24. The van der Waals surface area contributed by atoms with Gasteiger partial charge in [-0.3, -0.25) is 4.79 Å². The summed E-state index contributed by atoms with van der Waals surface area (Å²) >= 11 is 6.18. The summed E-state index contributed by atoms with van der Waals surface area (Å²) in [6, 6.07) is 13.8. The van der Waals surface area contributed by atoms with Gasteiger partial charge in [-0.05, 0) is 42.2 Å². The van der Waals surface area contributed by atoms with E-state index >= 15 is 0 Å². The van der Waals surface area contributed by atoms with Crippen molar-refractivity contribution >= 4 is 17.5 Å². The molecular formula is C23H26ClNO3. The van der Waals surface area contributed by atoms with Gasteiger partial charge in [0.2, 0.25) is 5.91 Å². The SMILES string of the molecule is O=C(C1CCCC1)N1CCOc2ccc(COCc3ccccc3Cl)cc2C1. The number of carbonyl (C=O) groups is 1. The van der Waals surface area contributed by atoms with Gasteiger partial charge in [-0.2, -0.15) is 0 Å². The molecule has 148 valence electrons. The number of hydrogen-bond acceptors (Lipinski definition) is 3. The molecule has 2 aromatic carbocycles. The Labute approximate surface area is 171 Å². The van der Waals surface area contributed by atoms with E-state index in [1.54, 1.807) is 0 Å². The van der Waals surface area contributed by atoms with Crippen LogP contribution in [-0.4, -0.2) is 24.0 Å². The van der Waals surface area contributed by atoms with Crippen molar-refractivity contribution < 1.29 is 14.3 Å². The molecule has 0 aromatic heterocycles. The number of amides is 1. The predicted octanol–water partition coefficient (Wildman–Crippen LogP) is 4.97. The van der Waals surface area contributed by atoms with Crippen LogP contribution in [0.2, 0.25) is 5.02 Å². The zero-order valence-corrected chi connectivity index (χ0v) is 16.8. The number of benzene rings is 2. The maximum atomic E-state index is 12.8. The molecule has 1 heterocycles. The van der Waals surface area contributed by atoms with E-state index in [0.29, 0.717) is 32.9 Å². The van der Waals surface area contributed by atoms with Crippen molar-refractivity contribution in [3.8, 4) is 5.75 Å². The van der Waals surface area contributed by atoms with Crippen molar-refractivity contribution in [1.29, 1.82) is 0 Å². The first-order valence-electron chi connectivity index (χ1n) is 10.1. The Morgan fingerprint density at radius 2 is 1.96 bits per heavy atom. The van der Waals surface area contributed by atoms with Gasteiger partial charge in [-0.15, -0.1) is 0 Å². The summed E-state index contributed by atoms with van der Waals surface area (Å²) in [4.78, 5) is 14.8. The second-order valence-electron chi connectivity index (χ2n) is 7.62. The second-order valence-corrected chi connectivity index (χ2v) is 8.02. The molecule has 0 N–H and O–H groups in total. The minimum absolute atomic E-state index is 0.198. The van der Waals surface area contributed by atoms with Gasteiger partial charge in [-0.1, -0.05) is 48.7 Å². The Bertz CT molecular complexity index is 832. The zero-order valence-electron chi connectivity index (χ0n) is 16.0. The summed E-state index contributed by atoms with van der Waals surface area (Å²) in [6.45, 7) is 2.79. The summed E-state index contributed by atoms with van der Waals surface area (Å²) in [5.74, 6) is 1.36. The first-order valence-corrected chi connectivity index (χ1v) is 10.4. The predicted molar refractivity (Wildman–Crippen MR) is 109 cm³/mol. The monoisotopic (exact) mass is 399 g/mol. The smallest absolute Gasteiger partial charge is 0.226 e. The van der Waals surface area contributed by atoms with Crippen LogP contribution in [0.5, 0.6) is 5.75 Å². The molecule has 1 amide bonds. The molecule has 0 saturated heterocycles. The van der Waals surface area contributed by atoms with Crippen molar-refractivity contribution in [3.63, 3.8) is 0 Å². The van der Waals surface area contributed by atoms with Crippen LogP contribution in [-0.2, 0) is 29.3 Å². The summed E-state index contributed by atoms with van der Waals surface area (Å²) in [5.41, 5.74) is 3.11. The molecule has 0 bridgehead atoms. The van der Waals surface area contributed by atoms with Gasteiger partial charge in [0.05, 0.1) is 19.8 Å². The fourth-order valence-electron chi connectivity index (χ4n) is 4.05. The summed E-state index contributed by atoms with van der Waals surface area (Å²) in [6.07, 6.45) is 4.40. The van der Waals surface area contributed by atoms with Gasteiger partial charge in [-0.25, -0.2) is 0 Å². The van der Waals surface area contributed by atoms with Crippen LogP contribution in [0, 0.1) is 5.92 Å². The molecule has 2 aromatic rings. The number of hydrogen-bond donors (Lipinski definition) is 0. The fraction of sp³-hybridized carbons (Fsp3) is 0.435. The molecule has 0 unspecified atom stereocenters. The van der Waals surface area contributed by atoms with Crippen LogP contribution in [0.4, 0.5) is 0 Å². The van der Waals surface area contributed by atoms with Crippen LogP contribution in [0.1, 0.15) is 42.4 Å². The Morgan fingerprint density at radius 1 is 1.14 bits per heavy atom. The molecule has 5 heteroatoms. The Hall–Kier alpha value is -2.04. The van der Waals surface area contributed by atoms with E-state index in [9.17, 15) is 4.79 Å². The highest BCUT2D eigenvalue weighted by Crippen LogP contribution is 2.30. The lowest BCUT2D eigenvalue weighted by Crippen LogP contribution is -2.36. The van der Waals surface area contributed by atoms with Crippen LogP contribution in [0.3, 0.4) is 0 Å². The van der Waals surface area contributed by atoms with E-state index in [-0.39, 0.29) is 11.8 Å². The molecular weight excluding hydrogens is 374 g/mol. The first-order chi connectivity index (χ1) is 13.7. The molecule has 4 nitrogen and oxygen atoms in total. The van der Waals surface area contributed by atoms with E-state index in [2.05, 4.69) is 6.07 Å². The molecule has 1 aliphatic heterocycles. The van der Waals surface area contributed by atoms with E-state index in [0.717, 1.165) is 40.3 Å². The van der Waals surface area contributed by atoms with Crippen molar-refractivity contribution in [3.05, 3.63) is 64.2 Å². The Kier molecular flexibility index (Phi) is 6.18. The van der Waals surface area contributed by atoms with Crippen LogP contribution in [0.25, 0.3) is 0 Å². The van der Waals surface area contributed by atoms with Crippen molar-refractivity contribution in [2.24, 2.45) is 5.92 Å². The Balaban J connectivity index is 1.40. The maximum absolute atomic E-state index is 12.8. The molecule has 0 atom stereocenters. The first kappa shape index (κ1) is 19.3. The molecule has 0 spiro atoms. The third-order valence-electron chi connectivity index (χ3n) is 5.61. The van der Waals surface area contributed by atoms with Crippen molar-refractivity contribution in [1.82, 2.24) is 4.90 Å². The lowest BCUT2D eigenvalue weighted by atomic mass is 10.1. The molecule has 28 heavy (non-hydrogen) atoms. The highest BCUT2D eigenvalue weighted by atomic mass is 35.5. The highest BCUT2D eigenvalue weighted by Gasteiger charge is 2.29. The largest absolute Gasteiger partial charge is 0.491 e. The number of carbonyl (C=O) groups excluding carboxylic acids is 1. The van der Waals surface area contributed by atoms with Crippen LogP contribution >= 0.6 is 11.6 Å². The van der Waals surface area contributed by atoms with E-state index in [1.807, 2.05) is 41.3 Å². The topological polar surface area (TPSA) is 38.8 Å². The average molecular weight is 400 g/mol. The molecule has 1 saturated carbocycles. The molecule has 2 aliphatic rings. The standard InChI is InChI=1S/C23H26ClNO3/c24-21-8-4-3-7-19(21)16-27-15-17-9-10-22-20(13-17)14-25(11-12-28-22)23(26)18-5-1-2-6-18/h3-4,7-10,13,18H,1-2,5-6,11-12,14-16H2. The molecule has 0 radical (unpaired) electrons. The van der Waals surface area contributed by atoms with E-state index in [4.69, 9.17) is 21.1 Å². The maximum Gasteiger partial charge on any atom is 0.226 e. The molecule has 1 aliphatic carbocycles. The molecule has 1 fully saturated rings. The summed E-state index contributed by atoms with van der Waals surface area (Å²) in [5, 5.41) is 0.721. The Morgan fingerprint density at radius 3 is 2.79 bits per heavy atom. The van der Waals surface area contributed by atoms with E-state index in [1.165, 1.54) is 12.8 Å². The minimum Gasteiger partial charge on any atom is -0.491 e. The number of nitrogens with zero attached hydrogens (tertiary/aromatic N) is 1. The van der Waals surface area contributed by atoms with E-state index < -0.39 is 0 Å². The zero-order chi connectivity index (χ0) is 19.3. The van der Waals surface area contributed by atoms with Gasteiger partial charge in [0, 0.05) is 23.0 Å². The van der Waals surface area contributed by atoms with Crippen molar-refractivity contribution in [2.45, 2.75) is 45.4 Å². The second kappa shape index (κ2) is 8.97. The summed E-state index contributed by atoms with van der Waals surface area (Å²) in [7, 11) is 0. The average Bonchev–Trinajstić information content (AvgIpc) is 3.16. The number of rotatable bonds is 5. The molecule has 4 rings (SSSR count). The lowest BCUT2D eigenvalue weighted by Gasteiger charge is -2.23. The van der Waals surface area contributed by atoms with Crippen molar-refractivity contribution in [2.75, 3.05) is 13.2 Å². The number of halogens is 1. The van der Waals surface area contributed by atoms with Gasteiger partial charge < -0.3 is 14.4 Å². The van der Waals surface area contributed by atoms with Gasteiger partial charge >= 0.3 is 0 Å². The van der Waals surface area contributed by atoms with Gasteiger partial charge in [0.1, 0.15) is 12.4 Å². The third kappa shape index (κ3) is 4.50. The lowest BCUT2D eigenvalue weighted by molar-refractivity contribution is -0.136. The summed E-state index contributed by atoms with van der Waals surface area (Å²) < 4.78 is 11.7. The normalized spacial score (nSPS) is 17.1. The minimum atomic E-state index is 0.198. The number of fused-ring (bicyclic) bond motifs is 1. The highest BCUT2D eigenvalue weighted by molar-refractivity contribution is 6.31. The number of ether oxygens (including phenoxy) is 2. The quantitative estimate of drug-likeness (QED) is 0.712.